The van der Waals surface area contributed by atoms with Crippen LogP contribution in [-0.4, -0.2) is 64.7 Å². The molecule has 1 saturated heterocycles. The Kier molecular flexibility index (Phi) is 4.52. The van der Waals surface area contributed by atoms with Gasteiger partial charge in [0.1, 0.15) is 16.1 Å². The first kappa shape index (κ1) is 18.4. The number of nitrogens with one attached hydrogen (secondary N) is 2. The Morgan fingerprint density at radius 1 is 1.14 bits per heavy atom. The van der Waals surface area contributed by atoms with Crippen LogP contribution < -0.4 is 5.56 Å². The van der Waals surface area contributed by atoms with Crippen molar-refractivity contribution in [2.75, 3.05) is 26.2 Å². The molecule has 3 aromatic heterocycles. The fourth-order valence-corrected chi connectivity index (χ4v) is 4.90. The predicted molar refractivity (Wildman–Crippen MR) is 103 cm³/mol. The van der Waals surface area contributed by atoms with Crippen LogP contribution in [0.1, 0.15) is 16.1 Å². The Hall–Kier alpha value is -2.98. The summed E-state index contributed by atoms with van der Waals surface area (Å²) < 4.78 is 27.4. The lowest BCUT2D eigenvalue weighted by Gasteiger charge is -2.33. The van der Waals surface area contributed by atoms with Crippen molar-refractivity contribution in [1.29, 1.82) is 0 Å². The van der Waals surface area contributed by atoms with Crippen LogP contribution >= 0.6 is 0 Å². The second-order valence-electron chi connectivity index (χ2n) is 6.63. The molecule has 1 amide bonds. The zero-order chi connectivity index (χ0) is 19.9. The van der Waals surface area contributed by atoms with Crippen LogP contribution in [0.25, 0.3) is 11.0 Å². The highest BCUT2D eigenvalue weighted by molar-refractivity contribution is 7.89. The number of sulfonamides is 1. The minimum Gasteiger partial charge on any atom is -0.345 e. The van der Waals surface area contributed by atoms with Crippen LogP contribution in [-0.2, 0) is 10.0 Å². The van der Waals surface area contributed by atoms with E-state index < -0.39 is 21.5 Å². The number of aromatic amines is 2. The predicted octanol–water partition coefficient (Wildman–Crippen LogP) is 0.706. The summed E-state index contributed by atoms with van der Waals surface area (Å²) in [5.74, 6) is -0.394. The third-order valence-electron chi connectivity index (χ3n) is 4.84. The number of amides is 1. The molecule has 9 nitrogen and oxygen atoms in total. The monoisotopic (exact) mass is 401 g/mol. The second-order valence-corrected chi connectivity index (χ2v) is 8.54. The van der Waals surface area contributed by atoms with Crippen LogP contribution in [0.15, 0.2) is 46.3 Å². The molecule has 1 fully saturated rings. The van der Waals surface area contributed by atoms with Crippen molar-refractivity contribution in [1.82, 2.24) is 24.2 Å². The molecule has 28 heavy (non-hydrogen) atoms. The van der Waals surface area contributed by atoms with Gasteiger partial charge in [-0.15, -0.1) is 0 Å². The number of aryl methyl sites for hydroxylation is 1. The summed E-state index contributed by atoms with van der Waals surface area (Å²) in [6.45, 7) is 2.48. The van der Waals surface area contributed by atoms with E-state index in [4.69, 9.17) is 0 Å². The standard InChI is InChI=1S/C18H19N5O4S/c1-12-4-5-14(17(24)21-12)18(25)22-7-9-23(10-8-22)28(26,27)15-11-20-16-13(15)3-2-6-19-16/h2-6,11H,7-10H2,1H3,(H,19,20)(H,21,24). The Labute approximate surface area is 161 Å². The van der Waals surface area contributed by atoms with Gasteiger partial charge < -0.3 is 14.9 Å². The van der Waals surface area contributed by atoms with Crippen LogP contribution in [0.2, 0.25) is 0 Å². The fourth-order valence-electron chi connectivity index (χ4n) is 3.33. The summed E-state index contributed by atoms with van der Waals surface area (Å²) in [6.07, 6.45) is 3.03. The highest BCUT2D eigenvalue weighted by atomic mass is 32.2. The van der Waals surface area contributed by atoms with E-state index in [0.29, 0.717) is 16.7 Å². The topological polar surface area (TPSA) is 119 Å². The van der Waals surface area contributed by atoms with Crippen molar-refractivity contribution in [3.8, 4) is 0 Å². The van der Waals surface area contributed by atoms with Gasteiger partial charge in [0.2, 0.25) is 10.0 Å². The van der Waals surface area contributed by atoms with E-state index in [-0.39, 0.29) is 36.6 Å². The molecule has 0 atom stereocenters. The third-order valence-corrected chi connectivity index (χ3v) is 6.78. The van der Waals surface area contributed by atoms with Gasteiger partial charge in [0, 0.05) is 49.7 Å². The van der Waals surface area contributed by atoms with Crippen molar-refractivity contribution < 1.29 is 13.2 Å². The molecule has 0 saturated carbocycles. The van der Waals surface area contributed by atoms with Gasteiger partial charge in [0.25, 0.3) is 11.5 Å². The number of hydrogen-bond donors (Lipinski definition) is 2. The molecule has 1 aliphatic heterocycles. The molecular weight excluding hydrogens is 382 g/mol. The van der Waals surface area contributed by atoms with Crippen molar-refractivity contribution >= 4 is 27.0 Å². The normalized spacial score (nSPS) is 15.8. The summed E-state index contributed by atoms with van der Waals surface area (Å²) in [4.78, 5) is 35.9. The average molecular weight is 401 g/mol. The molecule has 0 radical (unpaired) electrons. The van der Waals surface area contributed by atoms with E-state index in [9.17, 15) is 18.0 Å². The molecule has 3 aromatic rings. The van der Waals surface area contributed by atoms with Crippen LogP contribution in [0.3, 0.4) is 0 Å². The van der Waals surface area contributed by atoms with E-state index in [1.165, 1.54) is 21.5 Å². The van der Waals surface area contributed by atoms with E-state index in [2.05, 4.69) is 15.0 Å². The highest BCUT2D eigenvalue weighted by Crippen LogP contribution is 2.25. The minimum absolute atomic E-state index is 0.0598. The van der Waals surface area contributed by atoms with Gasteiger partial charge in [-0.2, -0.15) is 4.31 Å². The number of carbonyl (C=O) groups excluding carboxylic acids is 1. The van der Waals surface area contributed by atoms with Crippen LogP contribution in [0.5, 0.6) is 0 Å². The fraction of sp³-hybridized carbons (Fsp3) is 0.278. The minimum atomic E-state index is -3.72. The molecule has 1 aliphatic rings. The summed E-state index contributed by atoms with van der Waals surface area (Å²) in [7, 11) is -3.72. The number of nitrogens with zero attached hydrogens (tertiary/aromatic N) is 3. The number of pyridine rings is 2. The Morgan fingerprint density at radius 3 is 2.61 bits per heavy atom. The molecule has 146 valence electrons. The number of fused-ring (bicyclic) bond motifs is 1. The van der Waals surface area contributed by atoms with Gasteiger partial charge in [-0.05, 0) is 31.2 Å². The first-order chi connectivity index (χ1) is 13.4. The van der Waals surface area contributed by atoms with Crippen LogP contribution in [0, 0.1) is 6.92 Å². The van der Waals surface area contributed by atoms with Crippen molar-refractivity contribution in [3.63, 3.8) is 0 Å². The Bertz CT molecular complexity index is 1210. The van der Waals surface area contributed by atoms with E-state index in [0.717, 1.165) is 0 Å². The molecule has 4 heterocycles. The van der Waals surface area contributed by atoms with E-state index in [1.807, 2.05) is 0 Å². The lowest BCUT2D eigenvalue weighted by atomic mass is 10.2. The van der Waals surface area contributed by atoms with E-state index in [1.54, 1.807) is 31.3 Å². The Balaban J connectivity index is 1.52. The van der Waals surface area contributed by atoms with Gasteiger partial charge in [0.05, 0.1) is 0 Å². The quantitative estimate of drug-likeness (QED) is 0.670. The largest absolute Gasteiger partial charge is 0.345 e. The Morgan fingerprint density at radius 2 is 1.89 bits per heavy atom. The van der Waals surface area contributed by atoms with Crippen molar-refractivity contribution in [2.24, 2.45) is 0 Å². The summed E-state index contributed by atoms with van der Waals surface area (Å²) in [5, 5.41) is 0.534. The lowest BCUT2D eigenvalue weighted by molar-refractivity contribution is 0.0696. The van der Waals surface area contributed by atoms with Gasteiger partial charge in [-0.25, -0.2) is 13.4 Å². The molecule has 0 aliphatic carbocycles. The smallest absolute Gasteiger partial charge is 0.260 e. The molecule has 0 unspecified atom stereocenters. The summed E-state index contributed by atoms with van der Waals surface area (Å²) in [6, 6.07) is 6.55. The first-order valence-electron chi connectivity index (χ1n) is 8.79. The van der Waals surface area contributed by atoms with Gasteiger partial charge in [0.15, 0.2) is 0 Å². The van der Waals surface area contributed by atoms with Crippen molar-refractivity contribution in [2.45, 2.75) is 11.8 Å². The number of piperazine rings is 1. The maximum Gasteiger partial charge on any atom is 0.260 e. The van der Waals surface area contributed by atoms with Gasteiger partial charge in [-0.3, -0.25) is 9.59 Å². The molecule has 4 rings (SSSR count). The molecule has 0 spiro atoms. The van der Waals surface area contributed by atoms with Crippen LogP contribution in [0.4, 0.5) is 0 Å². The molecule has 10 heteroatoms. The lowest BCUT2D eigenvalue weighted by Crippen LogP contribution is -2.51. The number of aromatic nitrogens is 3. The SMILES string of the molecule is Cc1ccc(C(=O)N2CCN(S(=O)(=O)c3c[nH]c4ncccc34)CC2)c(=O)[nH]1. The second kappa shape index (κ2) is 6.88. The van der Waals surface area contributed by atoms with Gasteiger partial charge in [-0.1, -0.05) is 0 Å². The first-order valence-corrected chi connectivity index (χ1v) is 10.2. The molecule has 0 bridgehead atoms. The number of rotatable bonds is 3. The third kappa shape index (κ3) is 3.10. The maximum atomic E-state index is 13.0. The average Bonchev–Trinajstić information content (AvgIpc) is 3.12. The number of carbonyl (C=O) groups is 1. The zero-order valence-electron chi connectivity index (χ0n) is 15.2. The molecule has 2 N–H and O–H groups in total. The molecule has 0 aromatic carbocycles. The number of H-pyrrole nitrogens is 2. The highest BCUT2D eigenvalue weighted by Gasteiger charge is 2.32. The van der Waals surface area contributed by atoms with Gasteiger partial charge >= 0.3 is 0 Å². The zero-order valence-corrected chi connectivity index (χ0v) is 16.0. The maximum absolute atomic E-state index is 13.0. The summed E-state index contributed by atoms with van der Waals surface area (Å²) >= 11 is 0. The van der Waals surface area contributed by atoms with Crippen molar-refractivity contribution in [3.05, 3.63) is 58.3 Å². The van der Waals surface area contributed by atoms with E-state index >= 15 is 0 Å². The summed E-state index contributed by atoms with van der Waals surface area (Å²) in [5.41, 5.74) is 0.801. The number of hydrogen-bond acceptors (Lipinski definition) is 5. The molecular formula is C18H19N5O4S.